The second-order valence-electron chi connectivity index (χ2n) is 7.48. The first-order valence-electron chi connectivity index (χ1n) is 10.5. The minimum absolute atomic E-state index is 0.203. The molecule has 0 saturated carbocycles. The zero-order valence-electron chi connectivity index (χ0n) is 18.8. The summed E-state index contributed by atoms with van der Waals surface area (Å²) in [4.78, 5) is 37.9. The fraction of sp³-hybridized carbons (Fsp3) is 0.292. The van der Waals surface area contributed by atoms with Gasteiger partial charge in [0, 0.05) is 0 Å². The summed E-state index contributed by atoms with van der Waals surface area (Å²) in [5, 5.41) is 0.379. The van der Waals surface area contributed by atoms with Crippen LogP contribution in [0.5, 0.6) is 11.5 Å². The van der Waals surface area contributed by atoms with Gasteiger partial charge in [-0.15, -0.1) is 0 Å². The lowest BCUT2D eigenvalue weighted by Gasteiger charge is -2.14. The van der Waals surface area contributed by atoms with Crippen LogP contribution >= 0.6 is 35.0 Å². The largest absolute Gasteiger partial charge is 0.490 e. The number of carbonyl (C=O) groups is 3. The van der Waals surface area contributed by atoms with E-state index in [1.807, 2.05) is 13.0 Å². The Hall–Kier alpha value is -2.68. The highest BCUT2D eigenvalue weighted by atomic mass is 35.5. The number of nitrogens with zero attached hydrogens (tertiary/aromatic N) is 1. The predicted molar refractivity (Wildman–Crippen MR) is 132 cm³/mol. The summed E-state index contributed by atoms with van der Waals surface area (Å²) in [5.41, 5.74) is 1.48. The summed E-state index contributed by atoms with van der Waals surface area (Å²) >= 11 is 12.8. The molecule has 1 saturated heterocycles. The number of hydrogen-bond donors (Lipinski definition) is 0. The van der Waals surface area contributed by atoms with E-state index < -0.39 is 23.7 Å². The molecule has 2 amide bonds. The molecule has 1 heterocycles. The molecule has 0 spiro atoms. The lowest BCUT2D eigenvalue weighted by molar-refractivity contribution is -0.149. The third kappa shape index (κ3) is 6.68. The van der Waals surface area contributed by atoms with Gasteiger partial charge in [0.15, 0.2) is 11.5 Å². The molecule has 0 radical (unpaired) electrons. The molecule has 0 aliphatic carbocycles. The van der Waals surface area contributed by atoms with Gasteiger partial charge in [0.05, 0.1) is 27.7 Å². The molecular weight excluding hydrogens is 501 g/mol. The number of carbonyl (C=O) groups excluding carboxylic acids is 3. The second-order valence-corrected chi connectivity index (χ2v) is 9.29. The van der Waals surface area contributed by atoms with Crippen LogP contribution in [0.3, 0.4) is 0 Å². The van der Waals surface area contributed by atoms with E-state index in [-0.39, 0.29) is 17.6 Å². The van der Waals surface area contributed by atoms with Crippen molar-refractivity contribution in [3.8, 4) is 11.5 Å². The lowest BCUT2D eigenvalue weighted by Crippen LogP contribution is -2.35. The first-order valence-corrected chi connectivity index (χ1v) is 12.0. The molecule has 0 N–H and O–H groups in total. The maximum absolute atomic E-state index is 12.7. The van der Waals surface area contributed by atoms with Gasteiger partial charge in [-0.3, -0.25) is 19.3 Å². The molecular formula is C24H23Cl2NO6S. The molecule has 0 aromatic heterocycles. The summed E-state index contributed by atoms with van der Waals surface area (Å²) in [6.45, 7) is 5.46. The Morgan fingerprint density at radius 3 is 2.50 bits per heavy atom. The summed E-state index contributed by atoms with van der Waals surface area (Å²) in [6, 6.07) is 10.4. The molecule has 0 unspecified atom stereocenters. The average molecular weight is 524 g/mol. The normalized spacial score (nSPS) is 14.8. The highest BCUT2D eigenvalue weighted by Crippen LogP contribution is 2.35. The zero-order chi connectivity index (χ0) is 24.8. The van der Waals surface area contributed by atoms with E-state index in [2.05, 4.69) is 0 Å². The van der Waals surface area contributed by atoms with Gasteiger partial charge in [0.25, 0.3) is 11.1 Å². The fourth-order valence-electron chi connectivity index (χ4n) is 3.01. The summed E-state index contributed by atoms with van der Waals surface area (Å²) in [7, 11) is 0. The van der Waals surface area contributed by atoms with Gasteiger partial charge in [0.2, 0.25) is 0 Å². The Labute approximate surface area is 211 Å². The van der Waals surface area contributed by atoms with E-state index in [0.29, 0.717) is 33.7 Å². The van der Waals surface area contributed by atoms with Crippen molar-refractivity contribution in [1.82, 2.24) is 4.90 Å². The first kappa shape index (κ1) is 25.9. The van der Waals surface area contributed by atoms with Crippen molar-refractivity contribution < 1.29 is 28.6 Å². The second kappa shape index (κ2) is 11.6. The Balaban J connectivity index is 1.75. The van der Waals surface area contributed by atoms with Crippen LogP contribution in [-0.4, -0.2) is 41.3 Å². The summed E-state index contributed by atoms with van der Waals surface area (Å²) < 4.78 is 16.6. The van der Waals surface area contributed by atoms with Crippen LogP contribution in [0.4, 0.5) is 4.79 Å². The van der Waals surface area contributed by atoms with Gasteiger partial charge in [0.1, 0.15) is 13.2 Å². The Morgan fingerprint density at radius 1 is 1.06 bits per heavy atom. The molecule has 2 aromatic carbocycles. The molecule has 0 bridgehead atoms. The van der Waals surface area contributed by atoms with Gasteiger partial charge in [-0.05, 0) is 74.0 Å². The molecule has 34 heavy (non-hydrogen) atoms. The SMILES string of the molecule is CCOc1cc(/C=C2\SC(=O)N(CC(=O)OC(C)C)C2=O)ccc1OCc1ccc(Cl)c(Cl)c1. The molecule has 7 nitrogen and oxygen atoms in total. The number of amides is 2. The van der Waals surface area contributed by atoms with E-state index >= 15 is 0 Å². The third-order valence-electron chi connectivity index (χ3n) is 4.47. The molecule has 1 fully saturated rings. The van der Waals surface area contributed by atoms with E-state index in [9.17, 15) is 14.4 Å². The van der Waals surface area contributed by atoms with Crippen LogP contribution < -0.4 is 9.47 Å². The molecule has 10 heteroatoms. The quantitative estimate of drug-likeness (QED) is 0.296. The number of rotatable bonds is 9. The standard InChI is InChI=1S/C24H23Cl2NO6S/c1-4-31-20-10-15(6-8-19(20)32-13-16-5-7-17(25)18(26)9-16)11-21-23(29)27(24(30)34-21)12-22(28)33-14(2)3/h5-11,14H,4,12-13H2,1-3H3/b21-11-. The van der Waals surface area contributed by atoms with Crippen molar-refractivity contribution in [2.45, 2.75) is 33.5 Å². The average Bonchev–Trinajstić information content (AvgIpc) is 3.02. The summed E-state index contributed by atoms with van der Waals surface area (Å²) in [6.07, 6.45) is 1.24. The molecule has 1 aliphatic rings. The number of esters is 1. The number of ether oxygens (including phenoxy) is 3. The lowest BCUT2D eigenvalue weighted by atomic mass is 10.1. The monoisotopic (exact) mass is 523 g/mol. The van der Waals surface area contributed by atoms with Crippen molar-refractivity contribution in [1.29, 1.82) is 0 Å². The minimum atomic E-state index is -0.638. The van der Waals surface area contributed by atoms with Crippen molar-refractivity contribution in [3.05, 3.63) is 62.5 Å². The van der Waals surface area contributed by atoms with Gasteiger partial charge >= 0.3 is 5.97 Å². The highest BCUT2D eigenvalue weighted by molar-refractivity contribution is 8.18. The van der Waals surface area contributed by atoms with E-state index in [1.54, 1.807) is 50.3 Å². The summed E-state index contributed by atoms with van der Waals surface area (Å²) in [5.74, 6) is -0.195. The Morgan fingerprint density at radius 2 is 1.82 bits per heavy atom. The van der Waals surface area contributed by atoms with Crippen molar-refractivity contribution in [2.75, 3.05) is 13.2 Å². The van der Waals surface area contributed by atoms with Gasteiger partial charge in [-0.25, -0.2) is 0 Å². The van der Waals surface area contributed by atoms with E-state index in [4.69, 9.17) is 37.4 Å². The van der Waals surface area contributed by atoms with Gasteiger partial charge < -0.3 is 14.2 Å². The Bertz CT molecular complexity index is 1130. The predicted octanol–water partition coefficient (Wildman–Crippen LogP) is 5.96. The molecule has 1 aliphatic heterocycles. The minimum Gasteiger partial charge on any atom is -0.490 e. The zero-order valence-corrected chi connectivity index (χ0v) is 21.1. The maximum atomic E-state index is 12.7. The molecule has 0 atom stereocenters. The van der Waals surface area contributed by atoms with E-state index in [0.717, 1.165) is 22.2 Å². The number of thioether (sulfide) groups is 1. The Kier molecular flexibility index (Phi) is 8.88. The van der Waals surface area contributed by atoms with E-state index in [1.165, 1.54) is 0 Å². The number of imide groups is 1. The number of halogens is 2. The topological polar surface area (TPSA) is 82.1 Å². The molecule has 180 valence electrons. The van der Waals surface area contributed by atoms with Crippen molar-refractivity contribution >= 4 is 58.2 Å². The van der Waals surface area contributed by atoms with Crippen LogP contribution in [0.1, 0.15) is 31.9 Å². The molecule has 2 aromatic rings. The van der Waals surface area contributed by atoms with Crippen LogP contribution in [0.25, 0.3) is 6.08 Å². The van der Waals surface area contributed by atoms with Crippen molar-refractivity contribution in [2.24, 2.45) is 0 Å². The highest BCUT2D eigenvalue weighted by Gasteiger charge is 2.36. The van der Waals surface area contributed by atoms with Gasteiger partial charge in [-0.2, -0.15) is 0 Å². The van der Waals surface area contributed by atoms with Crippen LogP contribution in [0.2, 0.25) is 10.0 Å². The van der Waals surface area contributed by atoms with Crippen LogP contribution in [-0.2, 0) is 20.9 Å². The first-order chi connectivity index (χ1) is 16.2. The number of benzene rings is 2. The van der Waals surface area contributed by atoms with Crippen LogP contribution in [0.15, 0.2) is 41.3 Å². The molecule has 3 rings (SSSR count). The fourth-order valence-corrected chi connectivity index (χ4v) is 4.17. The third-order valence-corrected chi connectivity index (χ3v) is 6.12. The van der Waals surface area contributed by atoms with Crippen molar-refractivity contribution in [3.63, 3.8) is 0 Å². The van der Waals surface area contributed by atoms with Gasteiger partial charge in [-0.1, -0.05) is 35.3 Å². The number of hydrogen-bond acceptors (Lipinski definition) is 7. The maximum Gasteiger partial charge on any atom is 0.326 e. The van der Waals surface area contributed by atoms with Crippen LogP contribution in [0, 0.1) is 0 Å². The smallest absolute Gasteiger partial charge is 0.326 e.